The Bertz CT molecular complexity index is 592. The smallest absolute Gasteiger partial charge is 0.195 e. The Morgan fingerprint density at radius 3 is 2.47 bits per heavy atom. The van der Waals surface area contributed by atoms with E-state index in [2.05, 4.69) is 15.9 Å². The molecule has 0 N–H and O–H groups in total. The minimum absolute atomic E-state index is 0.0777. The summed E-state index contributed by atoms with van der Waals surface area (Å²) in [5.74, 6) is -0.0777. The van der Waals surface area contributed by atoms with Gasteiger partial charge in [-0.3, -0.25) is 4.79 Å². The van der Waals surface area contributed by atoms with Crippen LogP contribution in [0.25, 0.3) is 0 Å². The summed E-state index contributed by atoms with van der Waals surface area (Å²) < 4.78 is 0.934. The Hall–Kier alpha value is -0.350. The molecule has 2 aromatic rings. The van der Waals surface area contributed by atoms with Crippen LogP contribution in [0.4, 0.5) is 0 Å². The van der Waals surface area contributed by atoms with Crippen LogP contribution in [0.1, 0.15) is 20.8 Å². The molecule has 1 aromatic heterocycles. The predicted octanol–water partition coefficient (Wildman–Crippen LogP) is 5.36. The molecular formula is C12H7BrCl2OS. The van der Waals surface area contributed by atoms with E-state index in [1.807, 2.05) is 13.0 Å². The quantitative estimate of drug-likeness (QED) is 0.667. The second-order valence-electron chi connectivity index (χ2n) is 3.47. The lowest BCUT2D eigenvalue weighted by atomic mass is 10.0. The number of benzene rings is 1. The largest absolute Gasteiger partial charge is 0.289 e. The number of hydrogen-bond donors (Lipinski definition) is 0. The van der Waals surface area contributed by atoms with E-state index < -0.39 is 0 Å². The van der Waals surface area contributed by atoms with Gasteiger partial charge in [0.15, 0.2) is 5.78 Å². The average Bonchev–Trinajstić information content (AvgIpc) is 2.57. The van der Waals surface area contributed by atoms with Crippen molar-refractivity contribution in [3.63, 3.8) is 0 Å². The second kappa shape index (κ2) is 5.11. The summed E-state index contributed by atoms with van der Waals surface area (Å²) in [6, 6.07) is 6.70. The summed E-state index contributed by atoms with van der Waals surface area (Å²) >= 11 is 16.7. The minimum Gasteiger partial charge on any atom is -0.289 e. The number of halogens is 3. The van der Waals surface area contributed by atoms with Gasteiger partial charge >= 0.3 is 0 Å². The molecule has 0 atom stereocenters. The third-order valence-electron chi connectivity index (χ3n) is 2.31. The molecule has 17 heavy (non-hydrogen) atoms. The van der Waals surface area contributed by atoms with Crippen molar-refractivity contribution in [2.45, 2.75) is 6.92 Å². The van der Waals surface area contributed by atoms with Crippen LogP contribution in [-0.2, 0) is 0 Å². The summed E-state index contributed by atoms with van der Waals surface area (Å²) in [6.45, 7) is 1.91. The van der Waals surface area contributed by atoms with Gasteiger partial charge in [0.05, 0.1) is 8.81 Å². The molecule has 0 aliphatic rings. The van der Waals surface area contributed by atoms with E-state index in [4.69, 9.17) is 23.2 Å². The van der Waals surface area contributed by atoms with Crippen molar-refractivity contribution in [2.75, 3.05) is 0 Å². The predicted molar refractivity (Wildman–Crippen MR) is 76.7 cm³/mol. The van der Waals surface area contributed by atoms with Crippen LogP contribution in [0.2, 0.25) is 10.0 Å². The third-order valence-corrected chi connectivity index (χ3v) is 4.41. The van der Waals surface area contributed by atoms with Crippen LogP contribution in [-0.4, -0.2) is 5.78 Å². The lowest BCUT2D eigenvalue weighted by molar-refractivity contribution is 0.103. The molecule has 0 saturated carbocycles. The maximum absolute atomic E-state index is 12.3. The standard InChI is InChI=1S/C12H7BrCl2OS/c1-6-9(5-11(13)17-6)12(16)8-3-2-7(14)4-10(8)15/h2-5H,1H3. The van der Waals surface area contributed by atoms with Gasteiger partial charge in [-0.05, 0) is 47.1 Å². The molecule has 0 spiro atoms. The number of carbonyl (C=O) groups is 1. The maximum Gasteiger partial charge on any atom is 0.195 e. The highest BCUT2D eigenvalue weighted by Gasteiger charge is 2.17. The fourth-order valence-corrected chi connectivity index (χ4v) is 3.67. The average molecular weight is 350 g/mol. The second-order valence-corrected chi connectivity index (χ2v) is 6.95. The van der Waals surface area contributed by atoms with E-state index in [-0.39, 0.29) is 5.78 Å². The van der Waals surface area contributed by atoms with Crippen molar-refractivity contribution in [1.29, 1.82) is 0 Å². The van der Waals surface area contributed by atoms with E-state index in [1.54, 1.807) is 18.2 Å². The van der Waals surface area contributed by atoms with Crippen molar-refractivity contribution < 1.29 is 4.79 Å². The van der Waals surface area contributed by atoms with Crippen LogP contribution in [0.3, 0.4) is 0 Å². The lowest BCUT2D eigenvalue weighted by Gasteiger charge is -2.03. The number of ketones is 1. The van der Waals surface area contributed by atoms with Gasteiger partial charge in [0.25, 0.3) is 0 Å². The monoisotopic (exact) mass is 348 g/mol. The Labute approximate surface area is 121 Å². The molecule has 0 aliphatic carbocycles. The minimum atomic E-state index is -0.0777. The van der Waals surface area contributed by atoms with Crippen molar-refractivity contribution in [1.82, 2.24) is 0 Å². The summed E-state index contributed by atoms with van der Waals surface area (Å²) in [5, 5.41) is 0.902. The van der Waals surface area contributed by atoms with Gasteiger partial charge < -0.3 is 0 Å². The third kappa shape index (κ3) is 2.74. The first-order valence-corrected chi connectivity index (χ1v) is 7.11. The molecule has 1 aromatic carbocycles. The molecule has 0 fully saturated rings. The van der Waals surface area contributed by atoms with E-state index in [0.717, 1.165) is 8.66 Å². The van der Waals surface area contributed by atoms with E-state index in [1.165, 1.54) is 11.3 Å². The van der Waals surface area contributed by atoms with Crippen molar-refractivity contribution >= 4 is 56.3 Å². The Morgan fingerprint density at radius 1 is 1.24 bits per heavy atom. The molecule has 5 heteroatoms. The molecule has 0 unspecified atom stereocenters. The Morgan fingerprint density at radius 2 is 1.94 bits per heavy atom. The van der Waals surface area contributed by atoms with Crippen molar-refractivity contribution in [3.05, 3.63) is 54.1 Å². The lowest BCUT2D eigenvalue weighted by Crippen LogP contribution is -2.02. The van der Waals surface area contributed by atoms with Crippen LogP contribution in [0.15, 0.2) is 28.1 Å². The van der Waals surface area contributed by atoms with Crippen LogP contribution >= 0.6 is 50.5 Å². The highest BCUT2D eigenvalue weighted by molar-refractivity contribution is 9.11. The molecular weight excluding hydrogens is 343 g/mol. The zero-order valence-corrected chi connectivity index (χ0v) is 12.7. The van der Waals surface area contributed by atoms with Crippen LogP contribution < -0.4 is 0 Å². The number of aryl methyl sites for hydroxylation is 1. The fraction of sp³-hybridized carbons (Fsp3) is 0.0833. The van der Waals surface area contributed by atoms with Gasteiger partial charge in [-0.1, -0.05) is 23.2 Å². The highest BCUT2D eigenvalue weighted by atomic mass is 79.9. The normalized spacial score (nSPS) is 10.6. The van der Waals surface area contributed by atoms with Gasteiger partial charge in [-0.15, -0.1) is 11.3 Å². The highest BCUT2D eigenvalue weighted by Crippen LogP contribution is 2.30. The number of thiophene rings is 1. The fourth-order valence-electron chi connectivity index (χ4n) is 1.49. The molecule has 1 heterocycles. The summed E-state index contributed by atoms with van der Waals surface area (Å²) in [6.07, 6.45) is 0. The van der Waals surface area contributed by atoms with Gasteiger partial charge in [0.1, 0.15) is 0 Å². The zero-order valence-electron chi connectivity index (χ0n) is 8.76. The van der Waals surface area contributed by atoms with Gasteiger partial charge in [-0.25, -0.2) is 0 Å². The summed E-state index contributed by atoms with van der Waals surface area (Å²) in [4.78, 5) is 13.2. The molecule has 2 rings (SSSR count). The molecule has 1 nitrogen and oxygen atoms in total. The van der Waals surface area contributed by atoms with Gasteiger partial charge in [-0.2, -0.15) is 0 Å². The van der Waals surface area contributed by atoms with Gasteiger partial charge in [0, 0.05) is 21.0 Å². The van der Waals surface area contributed by atoms with Crippen molar-refractivity contribution in [3.8, 4) is 0 Å². The van der Waals surface area contributed by atoms with Crippen LogP contribution in [0, 0.1) is 6.92 Å². The van der Waals surface area contributed by atoms with E-state index >= 15 is 0 Å². The van der Waals surface area contributed by atoms with Gasteiger partial charge in [0.2, 0.25) is 0 Å². The van der Waals surface area contributed by atoms with Crippen molar-refractivity contribution in [2.24, 2.45) is 0 Å². The van der Waals surface area contributed by atoms with E-state index in [0.29, 0.717) is 21.2 Å². The molecule has 0 radical (unpaired) electrons. The SMILES string of the molecule is Cc1sc(Br)cc1C(=O)c1ccc(Cl)cc1Cl. The van der Waals surface area contributed by atoms with Crippen LogP contribution in [0.5, 0.6) is 0 Å². The Kier molecular flexibility index (Phi) is 3.93. The maximum atomic E-state index is 12.3. The number of rotatable bonds is 2. The molecule has 0 saturated heterocycles. The molecule has 0 amide bonds. The number of hydrogen-bond acceptors (Lipinski definition) is 2. The molecule has 0 aliphatic heterocycles. The van der Waals surface area contributed by atoms with E-state index in [9.17, 15) is 4.79 Å². The molecule has 0 bridgehead atoms. The molecule has 88 valence electrons. The first kappa shape index (κ1) is 13.1. The number of carbonyl (C=O) groups excluding carboxylic acids is 1. The first-order valence-electron chi connectivity index (χ1n) is 4.74. The first-order chi connectivity index (χ1) is 7.99. The Balaban J connectivity index is 2.47. The summed E-state index contributed by atoms with van der Waals surface area (Å²) in [5.41, 5.74) is 1.15. The summed E-state index contributed by atoms with van der Waals surface area (Å²) in [7, 11) is 0. The zero-order chi connectivity index (χ0) is 12.6. The topological polar surface area (TPSA) is 17.1 Å².